The van der Waals surface area contributed by atoms with Crippen molar-refractivity contribution < 1.29 is 13.9 Å². The molecule has 0 saturated carbocycles. The van der Waals surface area contributed by atoms with Gasteiger partial charge >= 0.3 is 0 Å². The first kappa shape index (κ1) is 11.3. The molecule has 0 aliphatic rings. The van der Waals surface area contributed by atoms with Crippen LogP contribution in [0.3, 0.4) is 0 Å². The zero-order valence-corrected chi connectivity index (χ0v) is 8.64. The largest absolute Gasteiger partial charge is 0.392 e. The number of H-pyrrole nitrogens is 1. The van der Waals surface area contributed by atoms with Gasteiger partial charge in [-0.1, -0.05) is 15.9 Å². The molecular formula is C8H8BrF2NO2. The van der Waals surface area contributed by atoms with Crippen LogP contribution in [0.2, 0.25) is 0 Å². The number of hydrogen-bond donors (Lipinski definition) is 2. The van der Waals surface area contributed by atoms with E-state index in [1.54, 1.807) is 0 Å². The normalized spacial score (nSPS) is 10.9. The van der Waals surface area contributed by atoms with Crippen LogP contribution in [0.4, 0.5) is 8.78 Å². The summed E-state index contributed by atoms with van der Waals surface area (Å²) in [6.07, 6.45) is -2.74. The van der Waals surface area contributed by atoms with Crippen molar-refractivity contribution in [2.45, 2.75) is 18.4 Å². The third-order valence-electron chi connectivity index (χ3n) is 1.79. The molecule has 0 aromatic carbocycles. The van der Waals surface area contributed by atoms with Crippen LogP contribution < -0.4 is 5.56 Å². The van der Waals surface area contributed by atoms with Gasteiger partial charge in [0.25, 0.3) is 12.0 Å². The molecule has 0 unspecified atom stereocenters. The summed E-state index contributed by atoms with van der Waals surface area (Å²) in [4.78, 5) is 13.3. The van der Waals surface area contributed by atoms with E-state index in [4.69, 9.17) is 5.11 Å². The van der Waals surface area contributed by atoms with Crippen molar-refractivity contribution in [1.82, 2.24) is 4.98 Å². The molecule has 14 heavy (non-hydrogen) atoms. The van der Waals surface area contributed by atoms with E-state index < -0.39 is 24.3 Å². The number of hydrogen-bond acceptors (Lipinski definition) is 2. The Morgan fingerprint density at radius 2 is 2.21 bits per heavy atom. The third kappa shape index (κ3) is 2.19. The molecule has 2 N–H and O–H groups in total. The number of aromatic nitrogens is 1. The number of nitrogens with one attached hydrogen (secondary N) is 1. The Hall–Kier alpha value is -0.750. The van der Waals surface area contributed by atoms with Crippen molar-refractivity contribution in [2.24, 2.45) is 0 Å². The van der Waals surface area contributed by atoms with Gasteiger partial charge in [0, 0.05) is 10.9 Å². The maximum atomic E-state index is 12.2. The van der Waals surface area contributed by atoms with E-state index in [0.717, 1.165) is 6.07 Å². The number of pyridine rings is 1. The number of rotatable bonds is 3. The molecule has 0 amide bonds. The molecule has 0 atom stereocenters. The van der Waals surface area contributed by atoms with Crippen LogP contribution in [0, 0.1) is 0 Å². The highest BCUT2D eigenvalue weighted by atomic mass is 79.9. The summed E-state index contributed by atoms with van der Waals surface area (Å²) in [5.41, 5.74) is -0.565. The second-order valence-electron chi connectivity index (χ2n) is 2.65. The molecule has 0 fully saturated rings. The Balaban J connectivity index is 3.32. The number of halogens is 3. The van der Waals surface area contributed by atoms with Crippen molar-refractivity contribution >= 4 is 15.9 Å². The summed E-state index contributed by atoms with van der Waals surface area (Å²) >= 11 is 3.04. The lowest BCUT2D eigenvalue weighted by molar-refractivity contribution is 0.145. The molecule has 0 spiro atoms. The number of aliphatic hydroxyl groups excluding tert-OH is 1. The summed E-state index contributed by atoms with van der Waals surface area (Å²) in [5.74, 6) is 0. The molecule has 6 heteroatoms. The number of aliphatic hydroxyl groups is 1. The predicted molar refractivity (Wildman–Crippen MR) is 50.6 cm³/mol. The fraction of sp³-hybridized carbons (Fsp3) is 0.375. The molecule has 1 aromatic rings. The lowest BCUT2D eigenvalue weighted by Gasteiger charge is -2.06. The molecule has 1 rings (SSSR count). The van der Waals surface area contributed by atoms with Gasteiger partial charge < -0.3 is 10.1 Å². The molecule has 0 saturated heterocycles. The minimum Gasteiger partial charge on any atom is -0.392 e. The van der Waals surface area contributed by atoms with Gasteiger partial charge in [0.15, 0.2) is 0 Å². The first-order valence-corrected chi connectivity index (χ1v) is 4.92. The van der Waals surface area contributed by atoms with E-state index in [0.29, 0.717) is 0 Å². The topological polar surface area (TPSA) is 53.1 Å². The van der Waals surface area contributed by atoms with Gasteiger partial charge in [-0.05, 0) is 11.6 Å². The zero-order valence-electron chi connectivity index (χ0n) is 7.06. The molecular weight excluding hydrogens is 260 g/mol. The van der Waals surface area contributed by atoms with Crippen LogP contribution in [0.5, 0.6) is 0 Å². The Bertz CT molecular complexity index is 378. The smallest absolute Gasteiger partial charge is 0.278 e. The summed E-state index contributed by atoms with van der Waals surface area (Å²) < 4.78 is 24.5. The lowest BCUT2D eigenvalue weighted by atomic mass is 10.1. The minimum atomic E-state index is -2.74. The van der Waals surface area contributed by atoms with Crippen LogP contribution in [-0.4, -0.2) is 10.1 Å². The van der Waals surface area contributed by atoms with Crippen molar-refractivity contribution in [3.63, 3.8) is 0 Å². The van der Waals surface area contributed by atoms with Gasteiger partial charge in [0.1, 0.15) is 0 Å². The molecule has 78 valence electrons. The highest BCUT2D eigenvalue weighted by Crippen LogP contribution is 2.18. The second-order valence-corrected chi connectivity index (χ2v) is 3.21. The van der Waals surface area contributed by atoms with E-state index in [1.807, 2.05) is 0 Å². The van der Waals surface area contributed by atoms with Crippen LogP contribution in [0.15, 0.2) is 10.9 Å². The average molecular weight is 268 g/mol. The second kappa shape index (κ2) is 4.65. The van der Waals surface area contributed by atoms with Gasteiger partial charge in [0.05, 0.1) is 12.3 Å². The van der Waals surface area contributed by atoms with Gasteiger partial charge in [-0.3, -0.25) is 4.79 Å². The van der Waals surface area contributed by atoms with Gasteiger partial charge in [-0.2, -0.15) is 0 Å². The van der Waals surface area contributed by atoms with Crippen molar-refractivity contribution in [1.29, 1.82) is 0 Å². The van der Waals surface area contributed by atoms with E-state index in [2.05, 4.69) is 20.9 Å². The molecule has 0 aliphatic heterocycles. The Labute approximate surface area is 86.9 Å². The summed E-state index contributed by atoms with van der Waals surface area (Å²) in [5, 5.41) is 9.09. The monoisotopic (exact) mass is 267 g/mol. The molecule has 1 aromatic heterocycles. The van der Waals surface area contributed by atoms with E-state index in [9.17, 15) is 13.6 Å². The van der Waals surface area contributed by atoms with Crippen LogP contribution in [0.1, 0.15) is 23.2 Å². The van der Waals surface area contributed by atoms with Crippen molar-refractivity contribution in [3.8, 4) is 0 Å². The highest BCUT2D eigenvalue weighted by molar-refractivity contribution is 9.08. The summed E-state index contributed by atoms with van der Waals surface area (Å²) in [6, 6.07) is 1.10. The van der Waals surface area contributed by atoms with E-state index in [1.165, 1.54) is 0 Å². The first-order chi connectivity index (χ1) is 6.60. The fourth-order valence-corrected chi connectivity index (χ4v) is 1.68. The summed E-state index contributed by atoms with van der Waals surface area (Å²) in [6.45, 7) is -0.426. The summed E-state index contributed by atoms with van der Waals surface area (Å²) in [7, 11) is 0. The third-order valence-corrected chi connectivity index (χ3v) is 2.35. The average Bonchev–Trinajstić information content (AvgIpc) is 2.16. The fourth-order valence-electron chi connectivity index (χ4n) is 1.07. The van der Waals surface area contributed by atoms with Crippen LogP contribution in [-0.2, 0) is 11.9 Å². The molecule has 0 bridgehead atoms. The van der Waals surface area contributed by atoms with Gasteiger partial charge in [0.2, 0.25) is 0 Å². The Kier molecular flexibility index (Phi) is 3.77. The van der Waals surface area contributed by atoms with Gasteiger partial charge in [-0.15, -0.1) is 0 Å². The van der Waals surface area contributed by atoms with Crippen molar-refractivity contribution in [3.05, 3.63) is 33.2 Å². The number of alkyl halides is 3. The SMILES string of the molecule is O=c1[nH]c(C(F)F)cc(CO)c1CBr. The van der Waals surface area contributed by atoms with Crippen LogP contribution >= 0.6 is 15.9 Å². The molecule has 0 aliphatic carbocycles. The molecule has 0 radical (unpaired) electrons. The maximum Gasteiger partial charge on any atom is 0.278 e. The molecule has 1 heterocycles. The first-order valence-electron chi connectivity index (χ1n) is 3.80. The van der Waals surface area contributed by atoms with E-state index in [-0.39, 0.29) is 16.5 Å². The predicted octanol–water partition coefficient (Wildman–Crippen LogP) is 1.70. The Morgan fingerprint density at radius 1 is 1.57 bits per heavy atom. The van der Waals surface area contributed by atoms with E-state index >= 15 is 0 Å². The standard InChI is InChI=1S/C8H8BrF2NO2/c9-2-5-4(3-13)1-6(7(10)11)12-8(5)14/h1,7,13H,2-3H2,(H,12,14). The van der Waals surface area contributed by atoms with Crippen LogP contribution in [0.25, 0.3) is 0 Å². The Morgan fingerprint density at radius 3 is 2.64 bits per heavy atom. The number of aromatic amines is 1. The van der Waals surface area contributed by atoms with Crippen molar-refractivity contribution in [2.75, 3.05) is 0 Å². The molecule has 3 nitrogen and oxygen atoms in total. The zero-order chi connectivity index (χ0) is 10.7. The highest BCUT2D eigenvalue weighted by Gasteiger charge is 2.13. The minimum absolute atomic E-state index is 0.223. The lowest BCUT2D eigenvalue weighted by Crippen LogP contribution is -2.17. The quantitative estimate of drug-likeness (QED) is 0.820. The maximum absolute atomic E-state index is 12.2. The van der Waals surface area contributed by atoms with Gasteiger partial charge in [-0.25, -0.2) is 8.78 Å².